The van der Waals surface area contributed by atoms with Gasteiger partial charge in [0.1, 0.15) is 5.78 Å². The van der Waals surface area contributed by atoms with Gasteiger partial charge < -0.3 is 10.2 Å². The lowest BCUT2D eigenvalue weighted by Gasteiger charge is -2.60. The average Bonchev–Trinajstić information content (AvgIpc) is 2.85. The first-order valence-corrected chi connectivity index (χ1v) is 9.87. The van der Waals surface area contributed by atoms with Gasteiger partial charge in [0.25, 0.3) is 0 Å². The Balaban J connectivity index is 1.78. The summed E-state index contributed by atoms with van der Waals surface area (Å²) in [5.74, 6) is -0.838. The minimum atomic E-state index is -1.70. The van der Waals surface area contributed by atoms with E-state index in [1.165, 1.54) is 24.8 Å². The summed E-state index contributed by atoms with van der Waals surface area (Å²) < 4.78 is 0. The zero-order chi connectivity index (χ0) is 17.3. The molecule has 0 aliphatic heterocycles. The van der Waals surface area contributed by atoms with Crippen molar-refractivity contribution in [3.63, 3.8) is 0 Å². The fraction of sp³-hybridized carbons (Fsp3) is 0.857. The van der Waals surface area contributed by atoms with Crippen molar-refractivity contribution in [3.05, 3.63) is 11.6 Å². The predicted molar refractivity (Wildman–Crippen MR) is 93.0 cm³/mol. The molecule has 134 valence electrons. The Morgan fingerprint density at radius 3 is 2.54 bits per heavy atom. The second-order valence-electron chi connectivity index (χ2n) is 9.60. The molecular weight excluding hydrogens is 300 g/mol. The van der Waals surface area contributed by atoms with Gasteiger partial charge in [-0.25, -0.2) is 0 Å². The smallest absolute Gasteiger partial charge is 0.186 e. The van der Waals surface area contributed by atoms with E-state index in [0.717, 1.165) is 32.1 Å². The molecule has 0 radical (unpaired) electrons. The molecule has 6 atom stereocenters. The Morgan fingerprint density at radius 1 is 1.08 bits per heavy atom. The summed E-state index contributed by atoms with van der Waals surface area (Å²) in [6.45, 7) is 6.33. The molecule has 3 heteroatoms. The van der Waals surface area contributed by atoms with Crippen molar-refractivity contribution in [2.45, 2.75) is 77.9 Å². The van der Waals surface area contributed by atoms with Gasteiger partial charge in [0.05, 0.1) is 0 Å². The minimum Gasteiger partial charge on any atom is -0.362 e. The molecule has 2 N–H and O–H groups in total. The van der Waals surface area contributed by atoms with Gasteiger partial charge in [-0.1, -0.05) is 25.8 Å². The van der Waals surface area contributed by atoms with Gasteiger partial charge in [-0.05, 0) is 80.6 Å². The minimum absolute atomic E-state index is 0.0555. The van der Waals surface area contributed by atoms with Crippen LogP contribution in [0, 0.1) is 34.5 Å². The van der Waals surface area contributed by atoms with Crippen LogP contribution < -0.4 is 0 Å². The molecule has 0 bridgehead atoms. The Bertz CT molecular complexity index is 592. The van der Waals surface area contributed by atoms with Crippen molar-refractivity contribution in [3.8, 4) is 0 Å². The number of allylic oxidation sites excluding steroid dienone is 1. The SMILES string of the molecule is CC(=O)[C@H]1CC[C@H]2[C@H]3[C@H](CC[C@]12C)[C@@]1(C)CCCCC1=CC3(O)O. The molecule has 3 fully saturated rings. The molecule has 0 saturated heterocycles. The van der Waals surface area contributed by atoms with E-state index >= 15 is 0 Å². The van der Waals surface area contributed by atoms with Crippen LogP contribution >= 0.6 is 0 Å². The largest absolute Gasteiger partial charge is 0.362 e. The summed E-state index contributed by atoms with van der Waals surface area (Å²) in [5.41, 5.74) is 1.36. The van der Waals surface area contributed by atoms with Gasteiger partial charge in [0, 0.05) is 11.8 Å². The third-order valence-corrected chi connectivity index (χ3v) is 8.58. The van der Waals surface area contributed by atoms with Crippen molar-refractivity contribution in [1.82, 2.24) is 0 Å². The summed E-state index contributed by atoms with van der Waals surface area (Å²) in [7, 11) is 0. The van der Waals surface area contributed by atoms with Crippen LogP contribution in [0.25, 0.3) is 0 Å². The maximum absolute atomic E-state index is 12.2. The molecule has 3 saturated carbocycles. The van der Waals surface area contributed by atoms with Crippen molar-refractivity contribution in [2.75, 3.05) is 0 Å². The standard InChI is InChI=1S/C21H32O3/c1-13(22)15-7-8-16-18-17(9-11-20(15,16)3)19(2)10-5-4-6-14(19)12-21(18,23)24/h12,15-18,23-24H,4-11H2,1-3H3/t15-,16+,17+,18+,19+,20-/m1/s1. The van der Waals surface area contributed by atoms with Crippen LogP contribution in [0.2, 0.25) is 0 Å². The zero-order valence-corrected chi connectivity index (χ0v) is 15.3. The van der Waals surface area contributed by atoms with Gasteiger partial charge >= 0.3 is 0 Å². The van der Waals surface area contributed by atoms with E-state index < -0.39 is 5.79 Å². The molecule has 0 heterocycles. The van der Waals surface area contributed by atoms with Gasteiger partial charge in [-0.2, -0.15) is 0 Å². The van der Waals surface area contributed by atoms with Crippen LogP contribution in [-0.2, 0) is 4.79 Å². The van der Waals surface area contributed by atoms with Crippen molar-refractivity contribution < 1.29 is 15.0 Å². The monoisotopic (exact) mass is 332 g/mol. The van der Waals surface area contributed by atoms with E-state index in [9.17, 15) is 15.0 Å². The molecule has 0 aromatic rings. The lowest BCUT2D eigenvalue weighted by molar-refractivity contribution is -0.234. The summed E-state index contributed by atoms with van der Waals surface area (Å²) in [4.78, 5) is 12.2. The van der Waals surface area contributed by atoms with E-state index in [4.69, 9.17) is 0 Å². The molecule has 0 spiro atoms. The first-order chi connectivity index (χ1) is 11.2. The summed E-state index contributed by atoms with van der Waals surface area (Å²) in [5, 5.41) is 22.0. The lowest BCUT2D eigenvalue weighted by atomic mass is 9.46. The summed E-state index contributed by atoms with van der Waals surface area (Å²) >= 11 is 0. The Morgan fingerprint density at radius 2 is 1.83 bits per heavy atom. The molecule has 3 nitrogen and oxygen atoms in total. The van der Waals surface area contributed by atoms with Crippen LogP contribution in [0.4, 0.5) is 0 Å². The van der Waals surface area contributed by atoms with Crippen LogP contribution in [-0.4, -0.2) is 21.8 Å². The molecule has 4 aliphatic carbocycles. The number of hydrogen-bond acceptors (Lipinski definition) is 3. The lowest BCUT2D eigenvalue weighted by Crippen LogP contribution is -2.59. The first-order valence-electron chi connectivity index (χ1n) is 9.87. The molecule has 0 aromatic heterocycles. The molecule has 24 heavy (non-hydrogen) atoms. The number of carbonyl (C=O) groups is 1. The molecule has 4 aliphatic rings. The number of ketones is 1. The summed E-state index contributed by atoms with van der Waals surface area (Å²) in [6, 6.07) is 0. The van der Waals surface area contributed by atoms with Crippen LogP contribution in [0.5, 0.6) is 0 Å². The molecule has 0 amide bonds. The van der Waals surface area contributed by atoms with Gasteiger partial charge in [-0.15, -0.1) is 0 Å². The highest BCUT2D eigenvalue weighted by Crippen LogP contribution is 2.67. The highest BCUT2D eigenvalue weighted by atomic mass is 16.5. The van der Waals surface area contributed by atoms with Gasteiger partial charge in [0.15, 0.2) is 5.79 Å². The van der Waals surface area contributed by atoms with Gasteiger partial charge in [-0.3, -0.25) is 4.79 Å². The van der Waals surface area contributed by atoms with Gasteiger partial charge in [0.2, 0.25) is 0 Å². The van der Waals surface area contributed by atoms with E-state index in [0.29, 0.717) is 5.92 Å². The van der Waals surface area contributed by atoms with Crippen LogP contribution in [0.1, 0.15) is 72.1 Å². The molecule has 0 unspecified atom stereocenters. The highest BCUT2D eigenvalue weighted by Gasteiger charge is 2.64. The van der Waals surface area contributed by atoms with Crippen molar-refractivity contribution >= 4 is 5.78 Å². The number of aliphatic hydroxyl groups is 2. The quantitative estimate of drug-likeness (QED) is 0.567. The Kier molecular flexibility index (Phi) is 3.61. The van der Waals surface area contributed by atoms with Crippen LogP contribution in [0.15, 0.2) is 11.6 Å². The number of hydrogen-bond donors (Lipinski definition) is 2. The topological polar surface area (TPSA) is 57.5 Å². The number of Topliss-reactive ketones (excluding diaryl/α,β-unsaturated/α-hetero) is 1. The second kappa shape index (κ2) is 5.17. The second-order valence-corrected chi connectivity index (χ2v) is 9.60. The summed E-state index contributed by atoms with van der Waals surface area (Å²) in [6.07, 6.45) is 10.4. The normalized spacial score (nSPS) is 49.6. The Hall–Kier alpha value is -0.670. The average molecular weight is 332 g/mol. The van der Waals surface area contributed by atoms with E-state index in [-0.39, 0.29) is 34.4 Å². The fourth-order valence-corrected chi connectivity index (χ4v) is 7.38. The predicted octanol–water partition coefficient (Wildman–Crippen LogP) is 3.84. The highest BCUT2D eigenvalue weighted by molar-refractivity contribution is 5.79. The first kappa shape index (κ1) is 16.8. The number of rotatable bonds is 1. The molecule has 0 aromatic carbocycles. The number of fused-ring (bicyclic) bond motifs is 5. The zero-order valence-electron chi connectivity index (χ0n) is 15.3. The van der Waals surface area contributed by atoms with Crippen molar-refractivity contribution in [1.29, 1.82) is 0 Å². The van der Waals surface area contributed by atoms with Crippen molar-refractivity contribution in [2.24, 2.45) is 34.5 Å². The fourth-order valence-electron chi connectivity index (χ4n) is 7.38. The molecular formula is C21H32O3. The Labute approximate surface area is 145 Å². The maximum atomic E-state index is 12.2. The number of carbonyl (C=O) groups excluding carboxylic acids is 1. The third-order valence-electron chi connectivity index (χ3n) is 8.58. The van der Waals surface area contributed by atoms with E-state index in [2.05, 4.69) is 13.8 Å². The van der Waals surface area contributed by atoms with Crippen LogP contribution in [0.3, 0.4) is 0 Å². The maximum Gasteiger partial charge on any atom is 0.186 e. The van der Waals surface area contributed by atoms with E-state index in [1.807, 2.05) is 0 Å². The van der Waals surface area contributed by atoms with E-state index in [1.54, 1.807) is 13.0 Å². The molecule has 4 rings (SSSR count). The third kappa shape index (κ3) is 2.07.